The Kier molecular flexibility index (Phi) is 4.19. The summed E-state index contributed by atoms with van der Waals surface area (Å²) in [5.41, 5.74) is 2.62. The molecule has 3 rings (SSSR count). The van der Waals surface area contributed by atoms with Gasteiger partial charge in [0.1, 0.15) is 11.9 Å². The quantitative estimate of drug-likeness (QED) is 0.750. The fraction of sp³-hybridized carbons (Fsp3) is 0.333. The van der Waals surface area contributed by atoms with Crippen LogP contribution in [0.4, 0.5) is 5.69 Å². The van der Waals surface area contributed by atoms with Gasteiger partial charge in [-0.15, -0.1) is 0 Å². The van der Waals surface area contributed by atoms with Crippen LogP contribution in [0.1, 0.15) is 32.1 Å². The van der Waals surface area contributed by atoms with E-state index in [2.05, 4.69) is 29.1 Å². The molecule has 0 saturated carbocycles. The summed E-state index contributed by atoms with van der Waals surface area (Å²) in [5, 5.41) is 3.03. The Morgan fingerprint density at radius 3 is 2.74 bits per heavy atom. The first kappa shape index (κ1) is 15.3. The SMILES string of the molecule is Cc1nc2ccc(NC(=O)C(CC(C)C)n3cccc3)cc2[nH]1. The van der Waals surface area contributed by atoms with E-state index in [0.717, 1.165) is 29.0 Å². The zero-order valence-electron chi connectivity index (χ0n) is 13.7. The van der Waals surface area contributed by atoms with Gasteiger partial charge in [-0.25, -0.2) is 4.98 Å². The Balaban J connectivity index is 1.82. The highest BCUT2D eigenvalue weighted by Gasteiger charge is 2.21. The number of carbonyl (C=O) groups excluding carboxylic acids is 1. The van der Waals surface area contributed by atoms with Crippen molar-refractivity contribution in [1.29, 1.82) is 0 Å². The molecular formula is C18H22N4O. The third kappa shape index (κ3) is 3.44. The third-order valence-corrected chi connectivity index (χ3v) is 3.85. The van der Waals surface area contributed by atoms with Gasteiger partial charge >= 0.3 is 0 Å². The lowest BCUT2D eigenvalue weighted by atomic mass is 10.0. The monoisotopic (exact) mass is 310 g/mol. The second kappa shape index (κ2) is 6.28. The molecule has 5 heteroatoms. The highest BCUT2D eigenvalue weighted by atomic mass is 16.2. The van der Waals surface area contributed by atoms with E-state index in [9.17, 15) is 4.79 Å². The second-order valence-corrected chi connectivity index (χ2v) is 6.32. The number of aromatic nitrogens is 3. The molecule has 0 spiro atoms. The molecule has 1 aromatic carbocycles. The van der Waals surface area contributed by atoms with E-state index >= 15 is 0 Å². The van der Waals surface area contributed by atoms with Crippen LogP contribution in [0.3, 0.4) is 0 Å². The molecule has 0 saturated heterocycles. The van der Waals surface area contributed by atoms with Crippen molar-refractivity contribution in [3.63, 3.8) is 0 Å². The summed E-state index contributed by atoms with van der Waals surface area (Å²) in [6.45, 7) is 6.18. The number of carbonyl (C=O) groups is 1. The van der Waals surface area contributed by atoms with Gasteiger partial charge in [-0.3, -0.25) is 4.79 Å². The Bertz CT molecular complexity index is 802. The van der Waals surface area contributed by atoms with Gasteiger partial charge in [0.2, 0.25) is 5.91 Å². The molecule has 120 valence electrons. The van der Waals surface area contributed by atoms with E-state index < -0.39 is 0 Å². The van der Waals surface area contributed by atoms with Crippen LogP contribution < -0.4 is 5.32 Å². The standard InChI is InChI=1S/C18H22N4O/c1-12(2)10-17(22-8-4-5-9-22)18(23)21-14-6-7-15-16(11-14)20-13(3)19-15/h4-9,11-12,17H,10H2,1-3H3,(H,19,20)(H,21,23). The zero-order valence-corrected chi connectivity index (χ0v) is 13.7. The molecular weight excluding hydrogens is 288 g/mol. The average Bonchev–Trinajstić information content (AvgIpc) is 3.12. The van der Waals surface area contributed by atoms with Crippen molar-refractivity contribution < 1.29 is 4.79 Å². The lowest BCUT2D eigenvalue weighted by molar-refractivity contribution is -0.119. The molecule has 23 heavy (non-hydrogen) atoms. The Labute approximate surface area is 135 Å². The largest absolute Gasteiger partial charge is 0.342 e. The minimum absolute atomic E-state index is 0.00508. The number of amides is 1. The van der Waals surface area contributed by atoms with E-state index in [-0.39, 0.29) is 11.9 Å². The number of anilines is 1. The van der Waals surface area contributed by atoms with Crippen molar-refractivity contribution in [1.82, 2.24) is 14.5 Å². The van der Waals surface area contributed by atoms with Crippen LogP contribution in [0.25, 0.3) is 11.0 Å². The van der Waals surface area contributed by atoms with Gasteiger partial charge in [-0.1, -0.05) is 13.8 Å². The molecule has 0 radical (unpaired) electrons. The van der Waals surface area contributed by atoms with E-state index in [0.29, 0.717) is 5.92 Å². The van der Waals surface area contributed by atoms with Crippen LogP contribution in [0.15, 0.2) is 42.7 Å². The minimum atomic E-state index is -0.204. The van der Waals surface area contributed by atoms with Crippen LogP contribution >= 0.6 is 0 Å². The number of aromatic amines is 1. The number of benzene rings is 1. The van der Waals surface area contributed by atoms with Gasteiger partial charge in [0, 0.05) is 18.1 Å². The molecule has 5 nitrogen and oxygen atoms in total. The number of hydrogen-bond acceptors (Lipinski definition) is 2. The summed E-state index contributed by atoms with van der Waals surface area (Å²) >= 11 is 0. The second-order valence-electron chi connectivity index (χ2n) is 6.32. The molecule has 2 heterocycles. The first-order valence-corrected chi connectivity index (χ1v) is 7.92. The molecule has 0 fully saturated rings. The van der Waals surface area contributed by atoms with Crippen molar-refractivity contribution in [2.45, 2.75) is 33.2 Å². The van der Waals surface area contributed by atoms with Gasteiger partial charge in [-0.05, 0) is 49.6 Å². The molecule has 3 aromatic rings. The number of rotatable bonds is 5. The van der Waals surface area contributed by atoms with Crippen molar-refractivity contribution in [3.8, 4) is 0 Å². The molecule has 1 unspecified atom stereocenters. The number of nitrogens with zero attached hydrogens (tertiary/aromatic N) is 2. The summed E-state index contributed by atoms with van der Waals surface area (Å²) < 4.78 is 1.97. The number of fused-ring (bicyclic) bond motifs is 1. The van der Waals surface area contributed by atoms with Crippen LogP contribution in [0.2, 0.25) is 0 Å². The van der Waals surface area contributed by atoms with Gasteiger partial charge in [-0.2, -0.15) is 0 Å². The highest BCUT2D eigenvalue weighted by molar-refractivity contribution is 5.95. The Morgan fingerprint density at radius 1 is 1.30 bits per heavy atom. The van der Waals surface area contributed by atoms with E-state index in [1.807, 2.05) is 54.2 Å². The summed E-state index contributed by atoms with van der Waals surface area (Å²) in [5.74, 6) is 1.31. The fourth-order valence-corrected chi connectivity index (χ4v) is 2.81. The maximum Gasteiger partial charge on any atom is 0.247 e. The molecule has 1 atom stereocenters. The fourth-order valence-electron chi connectivity index (χ4n) is 2.81. The predicted molar refractivity (Wildman–Crippen MR) is 92.4 cm³/mol. The average molecular weight is 310 g/mol. The number of aryl methyl sites for hydroxylation is 1. The van der Waals surface area contributed by atoms with E-state index in [1.54, 1.807) is 0 Å². The third-order valence-electron chi connectivity index (χ3n) is 3.85. The number of imidazole rings is 1. The number of hydrogen-bond donors (Lipinski definition) is 2. The minimum Gasteiger partial charge on any atom is -0.342 e. The van der Waals surface area contributed by atoms with Crippen molar-refractivity contribution in [2.24, 2.45) is 5.92 Å². The molecule has 0 bridgehead atoms. The van der Waals surface area contributed by atoms with Crippen molar-refractivity contribution in [3.05, 3.63) is 48.5 Å². The zero-order chi connectivity index (χ0) is 16.4. The van der Waals surface area contributed by atoms with Crippen LogP contribution in [0, 0.1) is 12.8 Å². The maximum absolute atomic E-state index is 12.7. The summed E-state index contributed by atoms with van der Waals surface area (Å²) in [6, 6.07) is 9.42. The smallest absolute Gasteiger partial charge is 0.247 e. The molecule has 2 N–H and O–H groups in total. The molecule has 2 aromatic heterocycles. The lowest BCUT2D eigenvalue weighted by Gasteiger charge is -2.20. The molecule has 0 aliphatic rings. The van der Waals surface area contributed by atoms with Gasteiger partial charge in [0.25, 0.3) is 0 Å². The van der Waals surface area contributed by atoms with Gasteiger partial charge < -0.3 is 14.9 Å². The first-order chi connectivity index (χ1) is 11.0. The van der Waals surface area contributed by atoms with E-state index in [4.69, 9.17) is 0 Å². The predicted octanol–water partition coefficient (Wildman–Crippen LogP) is 3.90. The Morgan fingerprint density at radius 2 is 2.04 bits per heavy atom. The lowest BCUT2D eigenvalue weighted by Crippen LogP contribution is -2.26. The van der Waals surface area contributed by atoms with Gasteiger partial charge in [0.05, 0.1) is 11.0 Å². The molecule has 0 aliphatic carbocycles. The summed E-state index contributed by atoms with van der Waals surface area (Å²) in [6.07, 6.45) is 4.67. The first-order valence-electron chi connectivity index (χ1n) is 7.92. The normalized spacial score (nSPS) is 12.7. The topological polar surface area (TPSA) is 62.7 Å². The van der Waals surface area contributed by atoms with Crippen molar-refractivity contribution >= 4 is 22.6 Å². The van der Waals surface area contributed by atoms with E-state index in [1.165, 1.54) is 0 Å². The van der Waals surface area contributed by atoms with Crippen LogP contribution in [0.5, 0.6) is 0 Å². The molecule has 0 aliphatic heterocycles. The Hall–Kier alpha value is -2.56. The summed E-state index contributed by atoms with van der Waals surface area (Å²) in [7, 11) is 0. The van der Waals surface area contributed by atoms with Crippen molar-refractivity contribution in [2.75, 3.05) is 5.32 Å². The van der Waals surface area contributed by atoms with Crippen LogP contribution in [-0.2, 0) is 4.79 Å². The molecule has 1 amide bonds. The van der Waals surface area contributed by atoms with Gasteiger partial charge in [0.15, 0.2) is 0 Å². The number of H-pyrrole nitrogens is 1. The summed E-state index contributed by atoms with van der Waals surface area (Å²) in [4.78, 5) is 20.3. The number of nitrogens with one attached hydrogen (secondary N) is 2. The maximum atomic E-state index is 12.7. The highest BCUT2D eigenvalue weighted by Crippen LogP contribution is 2.22. The van der Waals surface area contributed by atoms with Crippen LogP contribution in [-0.4, -0.2) is 20.4 Å².